The van der Waals surface area contributed by atoms with Crippen molar-refractivity contribution >= 4 is 17.6 Å². The van der Waals surface area contributed by atoms with Gasteiger partial charge in [0.25, 0.3) is 0 Å². The fraction of sp³-hybridized carbons (Fsp3) is 0.556. The Morgan fingerprint density at radius 1 is 1.20 bits per heavy atom. The molecule has 7 nitrogen and oxygen atoms in total. The predicted molar refractivity (Wildman–Crippen MR) is 97.4 cm³/mol. The summed E-state index contributed by atoms with van der Waals surface area (Å²) in [6, 6.07) is 6.12. The lowest BCUT2D eigenvalue weighted by Gasteiger charge is -2.32. The molecule has 7 heteroatoms. The van der Waals surface area contributed by atoms with E-state index in [0.29, 0.717) is 19.3 Å². The van der Waals surface area contributed by atoms with Crippen LogP contribution in [0.5, 0.6) is 11.5 Å². The van der Waals surface area contributed by atoms with E-state index >= 15 is 0 Å². The number of fused-ring (bicyclic) bond motifs is 1. The first-order valence-corrected chi connectivity index (χ1v) is 8.81. The van der Waals surface area contributed by atoms with Gasteiger partial charge in [-0.2, -0.15) is 0 Å². The number of guanidine groups is 1. The van der Waals surface area contributed by atoms with Gasteiger partial charge in [-0.05, 0) is 25.0 Å². The van der Waals surface area contributed by atoms with Crippen LogP contribution in [0, 0.1) is 0 Å². The van der Waals surface area contributed by atoms with E-state index < -0.39 is 0 Å². The summed E-state index contributed by atoms with van der Waals surface area (Å²) in [5.41, 5.74) is 0.901. The molecule has 1 fully saturated rings. The summed E-state index contributed by atoms with van der Waals surface area (Å²) >= 11 is 0. The summed E-state index contributed by atoms with van der Waals surface area (Å²) in [6.07, 6.45) is 2.72. The van der Waals surface area contributed by atoms with Crippen LogP contribution in [0.25, 0.3) is 0 Å². The highest BCUT2D eigenvalue weighted by Crippen LogP contribution is 2.32. The highest BCUT2D eigenvalue weighted by molar-refractivity contribution is 5.94. The second-order valence-electron chi connectivity index (χ2n) is 6.33. The highest BCUT2D eigenvalue weighted by Gasteiger charge is 2.21. The molecule has 2 N–H and O–H groups in total. The molecule has 0 aliphatic carbocycles. The van der Waals surface area contributed by atoms with Crippen molar-refractivity contribution in [2.75, 3.05) is 38.7 Å². The fourth-order valence-electron chi connectivity index (χ4n) is 3.07. The summed E-state index contributed by atoms with van der Waals surface area (Å²) in [6.45, 7) is 4.54. The SMILES string of the molecule is CN=C(Nc1ccc2c(c1)OCCCO2)NC1CCN(C(C)=O)CC1. The first-order chi connectivity index (χ1) is 12.2. The van der Waals surface area contributed by atoms with Crippen LogP contribution in [-0.4, -0.2) is 56.2 Å². The fourth-order valence-corrected chi connectivity index (χ4v) is 3.07. The normalized spacial score (nSPS) is 18.5. The topological polar surface area (TPSA) is 75.2 Å². The lowest BCUT2D eigenvalue weighted by molar-refractivity contribution is -0.129. The molecule has 1 aromatic carbocycles. The van der Waals surface area contributed by atoms with Crippen molar-refractivity contribution < 1.29 is 14.3 Å². The number of likely N-dealkylation sites (tertiary alicyclic amines) is 1. The number of aliphatic imine (C=N–C) groups is 1. The summed E-state index contributed by atoms with van der Waals surface area (Å²) in [7, 11) is 1.75. The molecular weight excluding hydrogens is 320 g/mol. The van der Waals surface area contributed by atoms with E-state index in [9.17, 15) is 4.79 Å². The molecule has 0 aromatic heterocycles. The minimum Gasteiger partial charge on any atom is -0.490 e. The number of rotatable bonds is 2. The summed E-state index contributed by atoms with van der Waals surface area (Å²) in [4.78, 5) is 17.6. The van der Waals surface area contributed by atoms with Crippen molar-refractivity contribution in [1.29, 1.82) is 0 Å². The van der Waals surface area contributed by atoms with Gasteiger partial charge in [0, 0.05) is 51.3 Å². The van der Waals surface area contributed by atoms with Crippen LogP contribution >= 0.6 is 0 Å². The Kier molecular flexibility index (Phi) is 5.63. The highest BCUT2D eigenvalue weighted by atomic mass is 16.5. The molecule has 2 aliphatic heterocycles. The number of carbonyl (C=O) groups is 1. The average molecular weight is 346 g/mol. The number of amides is 1. The maximum atomic E-state index is 11.4. The van der Waals surface area contributed by atoms with Crippen molar-refractivity contribution in [2.24, 2.45) is 4.99 Å². The van der Waals surface area contributed by atoms with E-state index in [1.54, 1.807) is 14.0 Å². The molecule has 1 saturated heterocycles. The molecule has 2 aliphatic rings. The lowest BCUT2D eigenvalue weighted by atomic mass is 10.1. The molecule has 0 spiro atoms. The number of hydrogen-bond donors (Lipinski definition) is 2. The van der Waals surface area contributed by atoms with Crippen molar-refractivity contribution in [3.05, 3.63) is 18.2 Å². The van der Waals surface area contributed by atoms with Crippen molar-refractivity contribution in [2.45, 2.75) is 32.2 Å². The summed E-state index contributed by atoms with van der Waals surface area (Å²) in [5.74, 6) is 2.40. The van der Waals surface area contributed by atoms with Gasteiger partial charge in [-0.25, -0.2) is 0 Å². The van der Waals surface area contributed by atoms with Crippen LogP contribution in [0.15, 0.2) is 23.2 Å². The van der Waals surface area contributed by atoms with Crippen molar-refractivity contribution in [1.82, 2.24) is 10.2 Å². The molecule has 1 amide bonds. The number of carbonyl (C=O) groups excluding carboxylic acids is 1. The van der Waals surface area contributed by atoms with Crippen LogP contribution < -0.4 is 20.1 Å². The Labute approximate surface area is 148 Å². The van der Waals surface area contributed by atoms with Gasteiger partial charge in [0.1, 0.15) is 0 Å². The number of hydrogen-bond acceptors (Lipinski definition) is 4. The predicted octanol–water partition coefficient (Wildman–Crippen LogP) is 1.85. The first kappa shape index (κ1) is 17.4. The summed E-state index contributed by atoms with van der Waals surface area (Å²) < 4.78 is 11.4. The van der Waals surface area contributed by atoms with Gasteiger partial charge in [0.2, 0.25) is 5.91 Å². The van der Waals surface area contributed by atoms with Gasteiger partial charge in [-0.15, -0.1) is 0 Å². The van der Waals surface area contributed by atoms with E-state index in [2.05, 4.69) is 15.6 Å². The zero-order chi connectivity index (χ0) is 17.6. The molecule has 0 atom stereocenters. The lowest BCUT2D eigenvalue weighted by Crippen LogP contribution is -2.47. The summed E-state index contributed by atoms with van der Waals surface area (Å²) in [5, 5.41) is 6.74. The Hall–Kier alpha value is -2.44. The average Bonchev–Trinajstić information content (AvgIpc) is 2.86. The smallest absolute Gasteiger partial charge is 0.219 e. The van der Waals surface area contributed by atoms with E-state index in [-0.39, 0.29) is 5.91 Å². The Balaban J connectivity index is 1.58. The standard InChI is InChI=1S/C18H26N4O3/c1-13(23)22-8-6-14(7-9-22)20-18(19-2)21-15-4-5-16-17(12-15)25-11-3-10-24-16/h4-5,12,14H,3,6-11H2,1-2H3,(H2,19,20,21). The Bertz CT molecular complexity index is 639. The minimum atomic E-state index is 0.146. The molecule has 0 unspecified atom stereocenters. The second kappa shape index (κ2) is 8.09. The second-order valence-corrected chi connectivity index (χ2v) is 6.33. The quantitative estimate of drug-likeness (QED) is 0.631. The maximum absolute atomic E-state index is 11.4. The van der Waals surface area contributed by atoms with Crippen LogP contribution in [0.2, 0.25) is 0 Å². The minimum absolute atomic E-state index is 0.146. The molecule has 0 saturated carbocycles. The van der Waals surface area contributed by atoms with Crippen LogP contribution in [0.3, 0.4) is 0 Å². The third-order valence-electron chi connectivity index (χ3n) is 4.51. The molecule has 3 rings (SSSR count). The van der Waals surface area contributed by atoms with E-state index in [1.165, 1.54) is 0 Å². The van der Waals surface area contributed by atoms with E-state index in [1.807, 2.05) is 23.1 Å². The monoisotopic (exact) mass is 346 g/mol. The molecule has 0 radical (unpaired) electrons. The molecule has 2 heterocycles. The van der Waals surface area contributed by atoms with Crippen molar-refractivity contribution in [3.8, 4) is 11.5 Å². The molecular formula is C18H26N4O3. The number of piperidine rings is 1. The number of anilines is 1. The van der Waals surface area contributed by atoms with Crippen LogP contribution in [0.1, 0.15) is 26.2 Å². The molecule has 136 valence electrons. The Morgan fingerprint density at radius 3 is 2.60 bits per heavy atom. The van der Waals surface area contributed by atoms with Crippen LogP contribution in [0.4, 0.5) is 5.69 Å². The molecule has 1 aromatic rings. The number of nitrogens with zero attached hydrogens (tertiary/aromatic N) is 2. The maximum Gasteiger partial charge on any atom is 0.219 e. The van der Waals surface area contributed by atoms with Crippen LogP contribution in [-0.2, 0) is 4.79 Å². The van der Waals surface area contributed by atoms with Crippen molar-refractivity contribution in [3.63, 3.8) is 0 Å². The van der Waals surface area contributed by atoms with E-state index in [4.69, 9.17) is 9.47 Å². The number of nitrogens with one attached hydrogen (secondary N) is 2. The van der Waals surface area contributed by atoms with Gasteiger partial charge in [0.15, 0.2) is 17.5 Å². The zero-order valence-corrected chi connectivity index (χ0v) is 14.9. The van der Waals surface area contributed by atoms with E-state index in [0.717, 1.165) is 55.5 Å². The third-order valence-corrected chi connectivity index (χ3v) is 4.51. The number of benzene rings is 1. The zero-order valence-electron chi connectivity index (χ0n) is 14.9. The van der Waals surface area contributed by atoms with Gasteiger partial charge in [-0.1, -0.05) is 0 Å². The third kappa shape index (κ3) is 4.55. The van der Waals surface area contributed by atoms with Gasteiger partial charge in [0.05, 0.1) is 13.2 Å². The molecule has 0 bridgehead atoms. The molecule has 25 heavy (non-hydrogen) atoms. The van der Waals surface area contributed by atoms with Gasteiger partial charge >= 0.3 is 0 Å². The Morgan fingerprint density at radius 2 is 1.92 bits per heavy atom. The van der Waals surface area contributed by atoms with Gasteiger partial charge in [-0.3, -0.25) is 9.79 Å². The first-order valence-electron chi connectivity index (χ1n) is 8.81. The number of ether oxygens (including phenoxy) is 2. The van der Waals surface area contributed by atoms with Gasteiger partial charge < -0.3 is 25.0 Å². The largest absolute Gasteiger partial charge is 0.490 e.